The largest absolute Gasteiger partial charge is 0.378 e. The highest BCUT2D eigenvalue weighted by atomic mass is 35.5. The first-order valence-electron chi connectivity index (χ1n) is 20.4. The molecule has 14 nitrogen and oxygen atoms in total. The van der Waals surface area contributed by atoms with E-state index in [1.54, 1.807) is 42.5 Å². The van der Waals surface area contributed by atoms with E-state index in [0.29, 0.717) is 98.4 Å². The lowest BCUT2D eigenvalue weighted by atomic mass is 9.90. The molecule has 3 aromatic heterocycles. The number of ether oxygens (including phenoxy) is 2. The molecule has 17 heteroatoms. The third-order valence-corrected chi connectivity index (χ3v) is 12.7. The lowest BCUT2D eigenvalue weighted by Crippen LogP contribution is -2.51. The molecule has 0 spiro atoms. The van der Waals surface area contributed by atoms with E-state index in [1.807, 2.05) is 34.7 Å². The first-order valence-corrected chi connectivity index (χ1v) is 20.8. The van der Waals surface area contributed by atoms with E-state index in [0.717, 1.165) is 22.2 Å². The smallest absolute Gasteiger partial charge is 0.328 e. The van der Waals surface area contributed by atoms with Crippen molar-refractivity contribution in [2.45, 2.75) is 64.0 Å². The number of hydrogen-bond donors (Lipinski definition) is 2. The molecule has 8 rings (SSSR count). The fourth-order valence-electron chi connectivity index (χ4n) is 9.03. The summed E-state index contributed by atoms with van der Waals surface area (Å²) in [6.45, 7) is 6.18. The molecule has 2 N–H and O–H groups in total. The van der Waals surface area contributed by atoms with Gasteiger partial charge in [0.15, 0.2) is 0 Å². The van der Waals surface area contributed by atoms with Crippen LogP contribution in [-0.4, -0.2) is 114 Å². The van der Waals surface area contributed by atoms with E-state index < -0.39 is 23.5 Å². The fraction of sp³-hybridized carbons (Fsp3) is 0.488. The summed E-state index contributed by atoms with van der Waals surface area (Å²) in [4.78, 5) is 64.1. The van der Waals surface area contributed by atoms with Gasteiger partial charge in [0.25, 0.3) is 11.8 Å². The highest BCUT2D eigenvalue weighted by Gasteiger charge is 2.45. The van der Waals surface area contributed by atoms with E-state index >= 15 is 8.78 Å². The number of imide groups is 1. The second kappa shape index (κ2) is 16.8. The Hall–Kier alpha value is -5.03. The topological polar surface area (TPSA) is 151 Å². The molecule has 5 amide bonds. The maximum Gasteiger partial charge on any atom is 0.328 e. The number of urea groups is 1. The molecule has 4 aromatic rings. The number of piperidine rings is 2. The van der Waals surface area contributed by atoms with E-state index in [1.165, 1.54) is 11.8 Å². The third kappa shape index (κ3) is 8.47. The zero-order valence-electron chi connectivity index (χ0n) is 33.9. The van der Waals surface area contributed by atoms with Gasteiger partial charge < -0.3 is 24.3 Å². The molecule has 0 saturated carbocycles. The predicted molar refractivity (Wildman–Crippen MR) is 221 cm³/mol. The Balaban J connectivity index is 0.931. The van der Waals surface area contributed by atoms with Crippen molar-refractivity contribution in [3.8, 4) is 11.3 Å². The van der Waals surface area contributed by atoms with Crippen molar-refractivity contribution in [2.24, 2.45) is 11.8 Å². The number of pyridine rings is 2. The Morgan fingerprint density at radius 3 is 2.57 bits per heavy atom. The van der Waals surface area contributed by atoms with Crippen molar-refractivity contribution in [3.05, 3.63) is 70.6 Å². The predicted octanol–water partition coefficient (Wildman–Crippen LogP) is 6.24. The zero-order valence-corrected chi connectivity index (χ0v) is 34.7. The molecule has 318 valence electrons. The van der Waals surface area contributed by atoms with Gasteiger partial charge in [0.05, 0.1) is 47.0 Å². The zero-order chi connectivity index (χ0) is 42.3. The Morgan fingerprint density at radius 1 is 1.07 bits per heavy atom. The van der Waals surface area contributed by atoms with Crippen LogP contribution in [0.5, 0.6) is 0 Å². The van der Waals surface area contributed by atoms with Crippen LogP contribution in [0.4, 0.5) is 25.1 Å². The number of hydrogen-bond acceptors (Lipinski definition) is 9. The second-order valence-corrected chi connectivity index (χ2v) is 16.9. The molecular formula is C43H49ClF2N8O6. The highest BCUT2D eigenvalue weighted by Crippen LogP contribution is 2.40. The first kappa shape index (κ1) is 41.7. The van der Waals surface area contributed by atoms with Crippen molar-refractivity contribution in [2.75, 3.05) is 69.8 Å². The Labute approximate surface area is 351 Å². The number of likely N-dealkylation sites (tertiary alicyclic amines) is 2. The molecule has 4 aliphatic heterocycles. The van der Waals surface area contributed by atoms with Crippen LogP contribution in [-0.2, 0) is 31.2 Å². The number of nitrogens with zero attached hydrogens (tertiary/aromatic N) is 6. The molecule has 4 aliphatic rings. The molecular weight excluding hydrogens is 798 g/mol. The summed E-state index contributed by atoms with van der Waals surface area (Å²) < 4.78 is 45.9. The van der Waals surface area contributed by atoms with Gasteiger partial charge in [-0.15, -0.1) is 0 Å². The number of benzene rings is 1. The van der Waals surface area contributed by atoms with Crippen LogP contribution < -0.4 is 15.5 Å². The lowest BCUT2D eigenvalue weighted by molar-refractivity contribution is -0.120. The van der Waals surface area contributed by atoms with Gasteiger partial charge in [-0.1, -0.05) is 11.6 Å². The summed E-state index contributed by atoms with van der Waals surface area (Å²) in [5, 5.41) is 6.05. The number of carbonyl (C=O) groups excluding carboxylic acids is 4. The Kier molecular flexibility index (Phi) is 11.7. The molecule has 1 unspecified atom stereocenters. The van der Waals surface area contributed by atoms with Crippen LogP contribution in [0.3, 0.4) is 0 Å². The van der Waals surface area contributed by atoms with Gasteiger partial charge in [0.1, 0.15) is 11.4 Å². The number of nitrogens with one attached hydrogen (secondary N) is 2. The van der Waals surface area contributed by atoms with Crippen LogP contribution in [0, 0.1) is 18.8 Å². The quantitative estimate of drug-likeness (QED) is 0.189. The second-order valence-electron chi connectivity index (χ2n) is 16.5. The van der Waals surface area contributed by atoms with Crippen molar-refractivity contribution in [1.82, 2.24) is 29.7 Å². The number of fused-ring (bicyclic) bond motifs is 1. The van der Waals surface area contributed by atoms with Crippen LogP contribution in [0.2, 0.25) is 5.02 Å². The number of aryl methyl sites for hydroxylation is 1. The van der Waals surface area contributed by atoms with Crippen LogP contribution in [0.25, 0.3) is 22.2 Å². The number of anilines is 2. The van der Waals surface area contributed by atoms with Gasteiger partial charge in [-0.3, -0.25) is 29.5 Å². The minimum Gasteiger partial charge on any atom is -0.378 e. The monoisotopic (exact) mass is 846 g/mol. The van der Waals surface area contributed by atoms with Gasteiger partial charge in [0.2, 0.25) is 11.8 Å². The van der Waals surface area contributed by atoms with Crippen molar-refractivity contribution < 1.29 is 37.4 Å². The third-order valence-electron chi connectivity index (χ3n) is 12.4. The summed E-state index contributed by atoms with van der Waals surface area (Å²) >= 11 is 6.39. The number of alkyl halides is 2. The van der Waals surface area contributed by atoms with Gasteiger partial charge >= 0.3 is 6.03 Å². The molecule has 60 heavy (non-hydrogen) atoms. The highest BCUT2D eigenvalue weighted by molar-refractivity contribution is 6.34. The summed E-state index contributed by atoms with van der Waals surface area (Å²) in [5.41, 5.74) is 3.82. The van der Waals surface area contributed by atoms with Crippen LogP contribution >= 0.6 is 11.6 Å². The molecule has 2 atom stereocenters. The lowest BCUT2D eigenvalue weighted by Gasteiger charge is -2.41. The Bertz CT molecular complexity index is 2330. The molecule has 4 fully saturated rings. The van der Waals surface area contributed by atoms with Gasteiger partial charge in [0, 0.05) is 94.8 Å². The molecule has 1 aromatic carbocycles. The average Bonchev–Trinajstić information content (AvgIpc) is 3.85. The fourth-order valence-corrected chi connectivity index (χ4v) is 9.25. The molecule has 4 saturated heterocycles. The van der Waals surface area contributed by atoms with E-state index in [9.17, 15) is 19.2 Å². The molecule has 0 radical (unpaired) electrons. The van der Waals surface area contributed by atoms with Crippen molar-refractivity contribution >= 4 is 57.8 Å². The summed E-state index contributed by atoms with van der Waals surface area (Å²) in [5.74, 6) is -4.23. The number of aromatic nitrogens is 3. The number of amides is 5. The number of halogens is 3. The minimum atomic E-state index is -2.97. The molecule has 0 bridgehead atoms. The normalized spacial score (nSPS) is 22.7. The van der Waals surface area contributed by atoms with Crippen LogP contribution in [0.15, 0.2) is 48.8 Å². The maximum atomic E-state index is 16.2. The summed E-state index contributed by atoms with van der Waals surface area (Å²) in [6.07, 6.45) is 5.92. The SMILES string of the molecule is CO[C@@]1(c2cc(C)cc(-c3cn(CC4CCN(CC5CCN(C(=O)c6ccc(Cl)c(N7CCC(=O)NC7=O)c6)CC5)CC4(F)F)c4cnc(NC(C)=O)cc34)n2)CCOC1. The van der Waals surface area contributed by atoms with Crippen molar-refractivity contribution in [3.63, 3.8) is 0 Å². The van der Waals surface area contributed by atoms with Crippen LogP contribution in [0.1, 0.15) is 60.6 Å². The van der Waals surface area contributed by atoms with Gasteiger partial charge in [-0.2, -0.15) is 0 Å². The summed E-state index contributed by atoms with van der Waals surface area (Å²) in [7, 11) is 1.65. The van der Waals surface area contributed by atoms with E-state index in [-0.39, 0.29) is 49.7 Å². The van der Waals surface area contributed by atoms with Gasteiger partial charge in [-0.25, -0.2) is 23.5 Å². The van der Waals surface area contributed by atoms with E-state index in [2.05, 4.69) is 15.6 Å². The number of methoxy groups -OCH3 is 1. The maximum absolute atomic E-state index is 16.2. The number of carbonyl (C=O) groups is 4. The first-order chi connectivity index (χ1) is 28.7. The Morgan fingerprint density at radius 2 is 1.87 bits per heavy atom. The standard InChI is InChI=1S/C43H49ClF2N8O6/c1-26-16-34(49-37(17-26)42(59-3)10-15-60-25-42)32-23-53(36-20-47-38(19-31(32)36)48-27(2)55)22-30-8-11-51(24-43(30,45)46)21-28-6-12-52(13-7-28)40(57)29-4-5-33(44)35(18-29)54-14-9-39(56)50-41(54)58/h4-5,16-20,23,28,30H,6-15,21-22,24-25H2,1-3H3,(H,47,48,55)(H,50,56,58)/t30?,42-/m0/s1. The van der Waals surface area contributed by atoms with Crippen molar-refractivity contribution in [1.29, 1.82) is 0 Å². The molecule has 7 heterocycles. The minimum absolute atomic E-state index is 0.0699. The van der Waals surface area contributed by atoms with E-state index in [4.69, 9.17) is 26.1 Å². The number of rotatable bonds is 10. The molecule has 0 aliphatic carbocycles. The van der Waals surface area contributed by atoms with Gasteiger partial charge in [-0.05, 0) is 80.6 Å². The average molecular weight is 847 g/mol. The summed E-state index contributed by atoms with van der Waals surface area (Å²) in [6, 6.07) is 9.91.